The van der Waals surface area contributed by atoms with Crippen molar-refractivity contribution < 1.29 is 44.3 Å². The summed E-state index contributed by atoms with van der Waals surface area (Å²) < 4.78 is 0. The fourth-order valence-corrected chi connectivity index (χ4v) is 2.33. The molecule has 4 nitrogen and oxygen atoms in total. The molecule has 0 spiro atoms. The summed E-state index contributed by atoms with van der Waals surface area (Å²) >= 11 is 8.55. The van der Waals surface area contributed by atoms with Gasteiger partial charge in [0.1, 0.15) is 0 Å². The van der Waals surface area contributed by atoms with Crippen LogP contribution in [0.1, 0.15) is 44.9 Å². The standard InChI is InChI=1S/C12H23NO3S2.Na/c14-11(13-8-3-6-12(15)16)5-2-1-4-10(18)7-9-17;/h10,17-18H,1-9H2,(H,13,14)(H,15,16);/q;+1/p-1. The average Bonchev–Trinajstić information content (AvgIpc) is 2.30. The van der Waals surface area contributed by atoms with Gasteiger partial charge in [0.15, 0.2) is 0 Å². The van der Waals surface area contributed by atoms with E-state index < -0.39 is 5.97 Å². The third-order valence-corrected chi connectivity index (χ3v) is 3.31. The number of hydrogen-bond donors (Lipinski definition) is 3. The van der Waals surface area contributed by atoms with Gasteiger partial charge in [0.25, 0.3) is 0 Å². The van der Waals surface area contributed by atoms with Gasteiger partial charge in [-0.15, -0.1) is 0 Å². The minimum atomic E-state index is -1.08. The fourth-order valence-electron chi connectivity index (χ4n) is 1.51. The molecule has 106 valence electrons. The van der Waals surface area contributed by atoms with Crippen molar-refractivity contribution in [2.75, 3.05) is 12.3 Å². The molecule has 0 aliphatic heterocycles. The van der Waals surface area contributed by atoms with Crippen LogP contribution in [0.5, 0.6) is 0 Å². The number of nitrogens with one attached hydrogen (secondary N) is 1. The van der Waals surface area contributed by atoms with Crippen LogP contribution in [0, 0.1) is 0 Å². The monoisotopic (exact) mass is 315 g/mol. The molecular weight excluding hydrogens is 293 g/mol. The van der Waals surface area contributed by atoms with Crippen molar-refractivity contribution in [3.05, 3.63) is 0 Å². The maximum atomic E-state index is 11.4. The Hall–Kier alpha value is 0.640. The van der Waals surface area contributed by atoms with E-state index in [2.05, 4.69) is 30.6 Å². The molecule has 0 aromatic rings. The van der Waals surface area contributed by atoms with Crippen molar-refractivity contribution in [1.82, 2.24) is 5.32 Å². The van der Waals surface area contributed by atoms with Crippen LogP contribution in [0.2, 0.25) is 0 Å². The minimum Gasteiger partial charge on any atom is -0.550 e. The molecule has 0 aromatic heterocycles. The molecule has 0 saturated heterocycles. The second kappa shape index (κ2) is 15.0. The molecule has 0 aliphatic rings. The third kappa shape index (κ3) is 16.6. The normalized spacial score (nSPS) is 11.5. The zero-order chi connectivity index (χ0) is 13.8. The summed E-state index contributed by atoms with van der Waals surface area (Å²) in [5, 5.41) is 13.2. The molecule has 0 fully saturated rings. The maximum Gasteiger partial charge on any atom is 1.00 e. The molecule has 0 rings (SSSR count). The predicted molar refractivity (Wildman–Crippen MR) is 77.0 cm³/mol. The fraction of sp³-hybridized carbons (Fsp3) is 0.833. The SMILES string of the molecule is O=C([O-])CCCNC(=O)CCCCC(S)CCS.[Na+]. The van der Waals surface area contributed by atoms with E-state index in [1.54, 1.807) is 0 Å². The maximum absolute atomic E-state index is 11.4. The van der Waals surface area contributed by atoms with Crippen LogP contribution in [0.4, 0.5) is 0 Å². The third-order valence-electron chi connectivity index (χ3n) is 2.53. The van der Waals surface area contributed by atoms with Crippen molar-refractivity contribution in [3.8, 4) is 0 Å². The van der Waals surface area contributed by atoms with E-state index in [0.717, 1.165) is 31.4 Å². The first-order valence-electron chi connectivity index (χ1n) is 6.31. The first-order valence-corrected chi connectivity index (χ1v) is 7.46. The smallest absolute Gasteiger partial charge is 0.550 e. The quantitative estimate of drug-likeness (QED) is 0.231. The van der Waals surface area contributed by atoms with Crippen LogP contribution in [-0.2, 0) is 9.59 Å². The van der Waals surface area contributed by atoms with Gasteiger partial charge in [-0.2, -0.15) is 25.3 Å². The van der Waals surface area contributed by atoms with E-state index in [0.29, 0.717) is 24.6 Å². The average molecular weight is 315 g/mol. The molecule has 1 N–H and O–H groups in total. The number of carboxylic acids is 1. The van der Waals surface area contributed by atoms with E-state index in [-0.39, 0.29) is 41.9 Å². The minimum absolute atomic E-state index is 0. The summed E-state index contributed by atoms with van der Waals surface area (Å²) in [4.78, 5) is 21.5. The van der Waals surface area contributed by atoms with Gasteiger partial charge in [0.05, 0.1) is 0 Å². The molecule has 1 unspecified atom stereocenters. The Morgan fingerprint density at radius 1 is 1.11 bits per heavy atom. The predicted octanol–water partition coefficient (Wildman–Crippen LogP) is -2.18. The number of unbranched alkanes of at least 4 members (excludes halogenated alkanes) is 1. The van der Waals surface area contributed by atoms with Gasteiger partial charge in [-0.05, 0) is 37.9 Å². The van der Waals surface area contributed by atoms with E-state index in [1.165, 1.54) is 0 Å². The summed E-state index contributed by atoms with van der Waals surface area (Å²) in [6.07, 6.45) is 4.72. The Bertz CT molecular complexity index is 255. The number of carbonyl (C=O) groups is 2. The van der Waals surface area contributed by atoms with Crippen molar-refractivity contribution in [1.29, 1.82) is 0 Å². The Balaban J connectivity index is 0. The largest absolute Gasteiger partial charge is 1.00 e. The molecule has 7 heteroatoms. The molecule has 0 heterocycles. The molecule has 19 heavy (non-hydrogen) atoms. The molecule has 0 bridgehead atoms. The van der Waals surface area contributed by atoms with Gasteiger partial charge in [-0.1, -0.05) is 6.42 Å². The van der Waals surface area contributed by atoms with Crippen LogP contribution >= 0.6 is 25.3 Å². The number of amides is 1. The van der Waals surface area contributed by atoms with E-state index in [1.807, 2.05) is 0 Å². The zero-order valence-corrected chi connectivity index (χ0v) is 15.3. The van der Waals surface area contributed by atoms with Crippen molar-refractivity contribution in [3.63, 3.8) is 0 Å². The topological polar surface area (TPSA) is 69.2 Å². The van der Waals surface area contributed by atoms with Gasteiger partial charge in [-0.3, -0.25) is 4.79 Å². The first kappa shape index (κ1) is 21.9. The van der Waals surface area contributed by atoms with Crippen LogP contribution in [-0.4, -0.2) is 29.4 Å². The summed E-state index contributed by atoms with van der Waals surface area (Å²) in [6.45, 7) is 0.404. The molecule has 1 atom stereocenters. The van der Waals surface area contributed by atoms with Crippen LogP contribution in [0.3, 0.4) is 0 Å². The van der Waals surface area contributed by atoms with E-state index >= 15 is 0 Å². The summed E-state index contributed by atoms with van der Waals surface area (Å²) in [5.41, 5.74) is 0. The second-order valence-electron chi connectivity index (χ2n) is 4.24. The van der Waals surface area contributed by atoms with Gasteiger partial charge in [-0.25, -0.2) is 0 Å². The summed E-state index contributed by atoms with van der Waals surface area (Å²) in [6, 6.07) is 0. The van der Waals surface area contributed by atoms with Crippen LogP contribution < -0.4 is 40.0 Å². The van der Waals surface area contributed by atoms with Gasteiger partial charge in [0.2, 0.25) is 5.91 Å². The van der Waals surface area contributed by atoms with E-state index in [9.17, 15) is 14.7 Å². The molecule has 0 saturated carbocycles. The van der Waals surface area contributed by atoms with Crippen molar-refractivity contribution in [2.24, 2.45) is 0 Å². The number of hydrogen-bond acceptors (Lipinski definition) is 5. The number of carboxylic acid groups (broad SMARTS) is 1. The number of thiol groups is 2. The van der Waals surface area contributed by atoms with Gasteiger partial charge >= 0.3 is 29.6 Å². The van der Waals surface area contributed by atoms with Crippen LogP contribution in [0.25, 0.3) is 0 Å². The molecular formula is C12H22NNaO3S2. The first-order chi connectivity index (χ1) is 8.56. The van der Waals surface area contributed by atoms with Crippen molar-refractivity contribution >= 4 is 37.1 Å². The Kier molecular flexibility index (Phi) is 17.4. The number of carbonyl (C=O) groups excluding carboxylic acids is 2. The Labute approximate surface area is 148 Å². The van der Waals surface area contributed by atoms with Crippen molar-refractivity contribution in [2.45, 2.75) is 50.2 Å². The van der Waals surface area contributed by atoms with Gasteiger partial charge in [0, 0.05) is 24.2 Å². The molecule has 0 aromatic carbocycles. The second-order valence-corrected chi connectivity index (χ2v) is 5.41. The van der Waals surface area contributed by atoms with Crippen LogP contribution in [0.15, 0.2) is 0 Å². The van der Waals surface area contributed by atoms with Gasteiger partial charge < -0.3 is 15.2 Å². The van der Waals surface area contributed by atoms with E-state index in [4.69, 9.17) is 0 Å². The molecule has 0 aliphatic carbocycles. The summed E-state index contributed by atoms with van der Waals surface area (Å²) in [7, 11) is 0. The molecule has 0 radical (unpaired) electrons. The summed E-state index contributed by atoms with van der Waals surface area (Å²) in [5.74, 6) is -0.251. The zero-order valence-electron chi connectivity index (χ0n) is 11.6. The Morgan fingerprint density at radius 3 is 2.37 bits per heavy atom. The number of rotatable bonds is 11. The molecule has 1 amide bonds. The number of aliphatic carboxylic acids is 1. The Morgan fingerprint density at radius 2 is 1.79 bits per heavy atom.